The van der Waals surface area contributed by atoms with Gasteiger partial charge in [0.15, 0.2) is 0 Å². The van der Waals surface area contributed by atoms with Gasteiger partial charge >= 0.3 is 6.01 Å². The molecular weight excluding hydrogens is 497 g/mol. The smallest absolute Gasteiger partial charge is 0.318 e. The van der Waals surface area contributed by atoms with Crippen molar-refractivity contribution in [3.63, 3.8) is 0 Å². The molecule has 1 amide bonds. The number of anilines is 2. The van der Waals surface area contributed by atoms with Crippen molar-refractivity contribution in [2.45, 2.75) is 51.2 Å². The van der Waals surface area contributed by atoms with Gasteiger partial charge in [0.25, 0.3) is 0 Å². The normalized spacial score (nSPS) is 21.4. The van der Waals surface area contributed by atoms with Crippen LogP contribution < -0.4 is 14.5 Å². The summed E-state index contributed by atoms with van der Waals surface area (Å²) in [6.45, 7) is 9.78. The summed E-state index contributed by atoms with van der Waals surface area (Å²) in [7, 11) is 2.11. The number of likely N-dealkylation sites (tertiary alicyclic amines) is 1. The largest absolute Gasteiger partial charge is 0.462 e. The first-order chi connectivity index (χ1) is 18.9. The fraction of sp³-hybridized carbons (Fsp3) is 0.517. The van der Waals surface area contributed by atoms with Crippen molar-refractivity contribution >= 4 is 17.4 Å². The van der Waals surface area contributed by atoms with E-state index in [1.807, 2.05) is 6.07 Å². The van der Waals surface area contributed by atoms with Crippen molar-refractivity contribution in [1.82, 2.24) is 19.8 Å². The maximum atomic E-state index is 14.4. The lowest BCUT2D eigenvalue weighted by atomic mass is 10.0. The van der Waals surface area contributed by atoms with Gasteiger partial charge in [-0.25, -0.2) is 4.39 Å². The third kappa shape index (κ3) is 5.55. The number of benzene rings is 1. The second-order valence-corrected chi connectivity index (χ2v) is 10.6. The number of piperazine rings is 1. The summed E-state index contributed by atoms with van der Waals surface area (Å²) >= 11 is 0. The number of aromatic nitrogens is 2. The number of amides is 1. The van der Waals surface area contributed by atoms with Crippen LogP contribution in [0.15, 0.2) is 30.9 Å². The molecule has 0 N–H and O–H groups in total. The van der Waals surface area contributed by atoms with Gasteiger partial charge in [0.1, 0.15) is 18.2 Å². The molecule has 39 heavy (non-hydrogen) atoms. The van der Waals surface area contributed by atoms with Crippen LogP contribution in [0.5, 0.6) is 6.01 Å². The number of hydrogen-bond donors (Lipinski definition) is 0. The highest BCUT2D eigenvalue weighted by Gasteiger charge is 2.33. The number of nitriles is 1. The average Bonchev–Trinajstić information content (AvgIpc) is 3.36. The van der Waals surface area contributed by atoms with Gasteiger partial charge in [-0.1, -0.05) is 12.6 Å². The number of nitrogens with zero attached hydrogens (tertiary/aromatic N) is 7. The van der Waals surface area contributed by atoms with Crippen molar-refractivity contribution in [2.75, 3.05) is 56.2 Å². The molecule has 0 radical (unpaired) electrons. The first kappa shape index (κ1) is 26.9. The summed E-state index contributed by atoms with van der Waals surface area (Å²) < 4.78 is 20.5. The van der Waals surface area contributed by atoms with E-state index in [2.05, 4.69) is 34.4 Å². The minimum atomic E-state index is -0.258. The Hall–Kier alpha value is -3.71. The van der Waals surface area contributed by atoms with Crippen LogP contribution in [0.3, 0.4) is 0 Å². The molecule has 4 heterocycles. The molecule has 9 nitrogen and oxygen atoms in total. The van der Waals surface area contributed by atoms with Crippen molar-refractivity contribution in [3.8, 4) is 12.1 Å². The van der Waals surface area contributed by atoms with E-state index >= 15 is 0 Å². The number of carbonyl (C=O) groups excluding carboxylic acids is 1. The molecule has 2 fully saturated rings. The molecule has 0 spiro atoms. The highest BCUT2D eigenvalue weighted by molar-refractivity contribution is 5.87. The quantitative estimate of drug-likeness (QED) is 0.502. The Balaban J connectivity index is 1.46. The first-order valence-electron chi connectivity index (χ1n) is 13.7. The maximum Gasteiger partial charge on any atom is 0.318 e. The van der Waals surface area contributed by atoms with Crippen LogP contribution in [0, 0.1) is 24.1 Å². The minimum absolute atomic E-state index is 0.162. The first-order valence-corrected chi connectivity index (χ1v) is 13.7. The third-order valence-electron chi connectivity index (χ3n) is 8.25. The molecule has 2 unspecified atom stereocenters. The summed E-state index contributed by atoms with van der Waals surface area (Å²) in [6.07, 6.45) is 4.46. The van der Waals surface area contributed by atoms with Crippen LogP contribution in [0.2, 0.25) is 0 Å². The molecule has 5 rings (SSSR count). The van der Waals surface area contributed by atoms with Gasteiger partial charge < -0.3 is 24.3 Å². The highest BCUT2D eigenvalue weighted by atomic mass is 19.1. The van der Waals surface area contributed by atoms with Crippen LogP contribution >= 0.6 is 0 Å². The molecule has 2 saturated heterocycles. The van der Waals surface area contributed by atoms with Gasteiger partial charge in [-0.2, -0.15) is 15.2 Å². The second kappa shape index (κ2) is 11.6. The Kier molecular flexibility index (Phi) is 7.98. The molecule has 0 saturated carbocycles. The van der Waals surface area contributed by atoms with Crippen molar-refractivity contribution in [2.24, 2.45) is 0 Å². The molecule has 10 heteroatoms. The van der Waals surface area contributed by atoms with Crippen molar-refractivity contribution in [3.05, 3.63) is 53.5 Å². The van der Waals surface area contributed by atoms with E-state index in [1.165, 1.54) is 12.1 Å². The zero-order chi connectivity index (χ0) is 27.5. The van der Waals surface area contributed by atoms with Gasteiger partial charge in [0.05, 0.1) is 30.8 Å². The molecule has 2 aromatic rings. The summed E-state index contributed by atoms with van der Waals surface area (Å²) in [4.78, 5) is 30.5. The molecule has 0 bridgehead atoms. The van der Waals surface area contributed by atoms with E-state index in [1.54, 1.807) is 17.9 Å². The summed E-state index contributed by atoms with van der Waals surface area (Å²) in [5.41, 5.74) is 3.40. The monoisotopic (exact) mass is 533 g/mol. The van der Waals surface area contributed by atoms with E-state index in [4.69, 9.17) is 14.7 Å². The van der Waals surface area contributed by atoms with Crippen LogP contribution in [-0.2, 0) is 17.8 Å². The average molecular weight is 534 g/mol. The number of ether oxygens (including phenoxy) is 1. The molecule has 3 aliphatic heterocycles. The van der Waals surface area contributed by atoms with Crippen molar-refractivity contribution < 1.29 is 13.9 Å². The van der Waals surface area contributed by atoms with Gasteiger partial charge in [0, 0.05) is 49.0 Å². The van der Waals surface area contributed by atoms with E-state index in [-0.39, 0.29) is 24.2 Å². The molecular formula is C29H36FN7O2. The minimum Gasteiger partial charge on any atom is -0.462 e. The summed E-state index contributed by atoms with van der Waals surface area (Å²) in [6, 6.07) is 7.80. The predicted octanol–water partition coefficient (Wildman–Crippen LogP) is 3.08. The van der Waals surface area contributed by atoms with Crippen molar-refractivity contribution in [1.29, 1.82) is 5.26 Å². The Bertz CT molecular complexity index is 1280. The third-order valence-corrected chi connectivity index (χ3v) is 8.25. The number of carbonyl (C=O) groups is 1. The Morgan fingerprint density at radius 1 is 1.23 bits per heavy atom. The van der Waals surface area contributed by atoms with Crippen LogP contribution in [0.4, 0.5) is 15.9 Å². The number of halogens is 1. The number of hydrogen-bond acceptors (Lipinski definition) is 8. The van der Waals surface area contributed by atoms with Gasteiger partial charge in [-0.3, -0.25) is 4.79 Å². The molecule has 1 aromatic carbocycles. The highest BCUT2D eigenvalue weighted by Crippen LogP contribution is 2.34. The lowest BCUT2D eigenvalue weighted by Crippen LogP contribution is -2.55. The molecule has 1 aromatic heterocycles. The topological polar surface area (TPSA) is 88.8 Å². The van der Waals surface area contributed by atoms with Crippen LogP contribution in [-0.4, -0.2) is 84.1 Å². The summed E-state index contributed by atoms with van der Waals surface area (Å²) in [5.74, 6) is 0.423. The van der Waals surface area contributed by atoms with E-state index in [9.17, 15) is 14.4 Å². The van der Waals surface area contributed by atoms with E-state index < -0.39 is 0 Å². The Morgan fingerprint density at radius 2 is 2.08 bits per heavy atom. The summed E-state index contributed by atoms with van der Waals surface area (Å²) in [5, 5.41) is 9.44. The van der Waals surface area contributed by atoms with Crippen LogP contribution in [0.1, 0.15) is 36.1 Å². The zero-order valence-corrected chi connectivity index (χ0v) is 22.8. The molecule has 2 atom stereocenters. The molecule has 206 valence electrons. The SMILES string of the molecule is C=CC(=O)N1CCN(c2nc(OCC3CCCN3C)nc3c2CCN(c2cccc(F)c2C)C3)CC1CC#N. The standard InChI is InChI=1S/C29H36FN7O2/c1-4-27(38)37-16-15-36(17-21(37)10-12-31)28-23-11-14-35(26-9-5-8-24(30)20(26)2)18-25(23)32-29(33-28)39-19-22-7-6-13-34(22)3/h4-5,8-9,21-22H,1,6-7,10-11,13-19H2,2-3H3. The number of fused-ring (bicyclic) bond motifs is 1. The fourth-order valence-electron chi connectivity index (χ4n) is 5.95. The number of likely N-dealkylation sites (N-methyl/N-ethyl adjacent to an activating group) is 1. The number of rotatable bonds is 7. The molecule has 0 aliphatic carbocycles. The maximum absolute atomic E-state index is 14.4. The van der Waals surface area contributed by atoms with E-state index in [0.29, 0.717) is 63.4 Å². The van der Waals surface area contributed by atoms with Gasteiger partial charge in [0.2, 0.25) is 5.91 Å². The lowest BCUT2D eigenvalue weighted by Gasteiger charge is -2.42. The predicted molar refractivity (Wildman–Crippen MR) is 147 cm³/mol. The van der Waals surface area contributed by atoms with Gasteiger partial charge in [-0.15, -0.1) is 0 Å². The van der Waals surface area contributed by atoms with Crippen LogP contribution in [0.25, 0.3) is 0 Å². The van der Waals surface area contributed by atoms with Gasteiger partial charge in [-0.05, 0) is 58.0 Å². The molecule has 3 aliphatic rings. The second-order valence-electron chi connectivity index (χ2n) is 10.6. The Morgan fingerprint density at radius 3 is 2.82 bits per heavy atom. The Labute approximate surface area is 229 Å². The zero-order valence-electron chi connectivity index (χ0n) is 22.8. The fourth-order valence-corrected chi connectivity index (χ4v) is 5.95. The lowest BCUT2D eigenvalue weighted by molar-refractivity contribution is -0.128. The van der Waals surface area contributed by atoms with E-state index in [0.717, 1.165) is 42.1 Å².